The zero-order valence-corrected chi connectivity index (χ0v) is 11.5. The van der Waals surface area contributed by atoms with E-state index < -0.39 is 0 Å². The molecule has 1 aromatic rings. The second kappa shape index (κ2) is 5.59. The summed E-state index contributed by atoms with van der Waals surface area (Å²) in [5, 5.41) is 0. The molecule has 0 saturated carbocycles. The van der Waals surface area contributed by atoms with E-state index in [-0.39, 0.29) is 0 Å². The molecule has 2 rings (SSSR count). The molecule has 1 fully saturated rings. The highest BCUT2D eigenvalue weighted by atomic mass is 16.5. The molecule has 1 atom stereocenters. The zero-order valence-electron chi connectivity index (χ0n) is 11.5. The second-order valence-corrected chi connectivity index (χ2v) is 5.21. The third-order valence-corrected chi connectivity index (χ3v) is 3.72. The van der Waals surface area contributed by atoms with Crippen LogP contribution in [0.5, 0.6) is 5.75 Å². The molecular weight excluding hydrogens is 226 g/mol. The van der Waals surface area contributed by atoms with Crippen LogP contribution in [0.15, 0.2) is 18.2 Å². The first-order valence-electron chi connectivity index (χ1n) is 6.41. The number of methoxy groups -OCH3 is 1. The van der Waals surface area contributed by atoms with Crippen LogP contribution >= 0.6 is 0 Å². The van der Waals surface area contributed by atoms with E-state index in [0.29, 0.717) is 6.04 Å². The van der Waals surface area contributed by atoms with E-state index in [0.717, 1.165) is 31.1 Å². The summed E-state index contributed by atoms with van der Waals surface area (Å²) in [5.74, 6) is 0.823. The van der Waals surface area contributed by atoms with Gasteiger partial charge in [0.1, 0.15) is 5.75 Å². The van der Waals surface area contributed by atoms with E-state index >= 15 is 0 Å². The van der Waals surface area contributed by atoms with Gasteiger partial charge in [-0.25, -0.2) is 0 Å². The van der Waals surface area contributed by atoms with Crippen LogP contribution in [0, 0.1) is 0 Å². The minimum atomic E-state index is 0.671. The Balaban J connectivity index is 1.98. The molecule has 1 saturated heterocycles. The van der Waals surface area contributed by atoms with Crippen molar-refractivity contribution in [1.82, 2.24) is 9.80 Å². The Bertz CT molecular complexity index is 406. The maximum atomic E-state index is 6.05. The molecule has 4 nitrogen and oxygen atoms in total. The van der Waals surface area contributed by atoms with Gasteiger partial charge in [0, 0.05) is 37.4 Å². The van der Waals surface area contributed by atoms with Crippen LogP contribution in [-0.2, 0) is 6.54 Å². The molecule has 1 aromatic carbocycles. The van der Waals surface area contributed by atoms with Crippen molar-refractivity contribution in [2.24, 2.45) is 0 Å². The van der Waals surface area contributed by atoms with Gasteiger partial charge in [0.25, 0.3) is 0 Å². The van der Waals surface area contributed by atoms with E-state index in [1.54, 1.807) is 7.11 Å². The Morgan fingerprint density at radius 1 is 1.44 bits per heavy atom. The first-order valence-corrected chi connectivity index (χ1v) is 6.41. The van der Waals surface area contributed by atoms with Crippen LogP contribution in [0.25, 0.3) is 0 Å². The molecule has 0 aromatic heterocycles. The maximum absolute atomic E-state index is 6.05. The molecule has 18 heavy (non-hydrogen) atoms. The van der Waals surface area contributed by atoms with Crippen molar-refractivity contribution in [3.05, 3.63) is 23.8 Å². The Morgan fingerprint density at radius 3 is 2.78 bits per heavy atom. The number of nitrogens with zero attached hydrogens (tertiary/aromatic N) is 2. The predicted octanol–water partition coefficient (Wildman–Crippen LogP) is 1.41. The van der Waals surface area contributed by atoms with Crippen LogP contribution in [-0.4, -0.2) is 50.1 Å². The van der Waals surface area contributed by atoms with Gasteiger partial charge in [0.2, 0.25) is 0 Å². The summed E-state index contributed by atoms with van der Waals surface area (Å²) in [6.45, 7) is 3.20. The third kappa shape index (κ3) is 2.94. The lowest BCUT2D eigenvalue weighted by Crippen LogP contribution is -2.31. The number of ether oxygens (including phenoxy) is 1. The first-order chi connectivity index (χ1) is 8.60. The Kier molecular flexibility index (Phi) is 4.09. The largest absolute Gasteiger partial charge is 0.497 e. The first kappa shape index (κ1) is 13.2. The molecule has 0 bridgehead atoms. The van der Waals surface area contributed by atoms with Crippen LogP contribution in [0.4, 0.5) is 5.69 Å². The normalized spacial score (nSPS) is 20.6. The van der Waals surface area contributed by atoms with Crippen molar-refractivity contribution in [2.75, 3.05) is 40.0 Å². The van der Waals surface area contributed by atoms with E-state index in [1.807, 2.05) is 12.1 Å². The second-order valence-electron chi connectivity index (χ2n) is 5.21. The molecule has 1 unspecified atom stereocenters. The number of rotatable bonds is 4. The molecule has 100 valence electrons. The topological polar surface area (TPSA) is 41.7 Å². The zero-order chi connectivity index (χ0) is 13.1. The Labute approximate surface area is 109 Å². The minimum absolute atomic E-state index is 0.671. The molecule has 2 N–H and O–H groups in total. The van der Waals surface area contributed by atoms with Gasteiger partial charge in [-0.1, -0.05) is 6.07 Å². The van der Waals surface area contributed by atoms with Crippen molar-refractivity contribution in [1.29, 1.82) is 0 Å². The smallest absolute Gasteiger partial charge is 0.120 e. The molecule has 1 heterocycles. The predicted molar refractivity (Wildman–Crippen MR) is 74.8 cm³/mol. The van der Waals surface area contributed by atoms with Crippen LogP contribution < -0.4 is 10.5 Å². The van der Waals surface area contributed by atoms with Crippen LogP contribution in [0.2, 0.25) is 0 Å². The highest BCUT2D eigenvalue weighted by molar-refractivity contribution is 5.51. The molecule has 0 aliphatic carbocycles. The van der Waals surface area contributed by atoms with Gasteiger partial charge in [-0.05, 0) is 32.1 Å². The average Bonchev–Trinajstić information content (AvgIpc) is 2.80. The summed E-state index contributed by atoms with van der Waals surface area (Å²) in [6, 6.07) is 6.61. The SMILES string of the molecule is COc1ccc(CN2CCC(N(C)C)C2)c(N)c1. The molecule has 4 heteroatoms. The van der Waals surface area contributed by atoms with Crippen LogP contribution in [0.3, 0.4) is 0 Å². The third-order valence-electron chi connectivity index (χ3n) is 3.72. The van der Waals surface area contributed by atoms with Crippen molar-refractivity contribution >= 4 is 5.69 Å². The van der Waals surface area contributed by atoms with Gasteiger partial charge in [-0.15, -0.1) is 0 Å². The fraction of sp³-hybridized carbons (Fsp3) is 0.571. The fourth-order valence-corrected chi connectivity index (χ4v) is 2.46. The molecule has 1 aliphatic rings. The number of benzene rings is 1. The van der Waals surface area contributed by atoms with Gasteiger partial charge in [-0.2, -0.15) is 0 Å². The molecular formula is C14H23N3O. The summed E-state index contributed by atoms with van der Waals surface area (Å²) in [4.78, 5) is 4.76. The van der Waals surface area contributed by atoms with Crippen molar-refractivity contribution < 1.29 is 4.74 Å². The number of likely N-dealkylation sites (N-methyl/N-ethyl adjacent to an activating group) is 1. The number of likely N-dealkylation sites (tertiary alicyclic amines) is 1. The number of nitrogen functional groups attached to an aromatic ring is 1. The molecule has 0 amide bonds. The lowest BCUT2D eigenvalue weighted by atomic mass is 10.1. The monoisotopic (exact) mass is 249 g/mol. The number of hydrogen-bond donors (Lipinski definition) is 1. The van der Waals surface area contributed by atoms with Crippen LogP contribution in [0.1, 0.15) is 12.0 Å². The Hall–Kier alpha value is -1.26. The van der Waals surface area contributed by atoms with Gasteiger partial charge < -0.3 is 15.4 Å². The lowest BCUT2D eigenvalue weighted by molar-refractivity contribution is 0.265. The molecule has 1 aliphatic heterocycles. The summed E-state index contributed by atoms with van der Waals surface area (Å²) in [7, 11) is 5.96. The standard InChI is InChI=1S/C14H23N3O/c1-16(2)12-6-7-17(10-12)9-11-4-5-13(18-3)8-14(11)15/h4-5,8,12H,6-7,9-10,15H2,1-3H3. The Morgan fingerprint density at radius 2 is 2.22 bits per heavy atom. The summed E-state index contributed by atoms with van der Waals surface area (Å²) in [5.41, 5.74) is 8.06. The van der Waals surface area contributed by atoms with E-state index in [9.17, 15) is 0 Å². The van der Waals surface area contributed by atoms with E-state index in [4.69, 9.17) is 10.5 Å². The highest BCUT2D eigenvalue weighted by Crippen LogP contribution is 2.23. The van der Waals surface area contributed by atoms with Gasteiger partial charge in [-0.3, -0.25) is 4.90 Å². The summed E-state index contributed by atoms with van der Waals surface area (Å²) < 4.78 is 5.17. The number of nitrogens with two attached hydrogens (primary N) is 1. The van der Waals surface area contributed by atoms with Crippen molar-refractivity contribution in [3.8, 4) is 5.75 Å². The minimum Gasteiger partial charge on any atom is -0.497 e. The maximum Gasteiger partial charge on any atom is 0.120 e. The quantitative estimate of drug-likeness (QED) is 0.819. The van der Waals surface area contributed by atoms with Gasteiger partial charge in [0.05, 0.1) is 7.11 Å². The molecule has 0 radical (unpaired) electrons. The van der Waals surface area contributed by atoms with Crippen molar-refractivity contribution in [2.45, 2.75) is 19.0 Å². The summed E-state index contributed by atoms with van der Waals surface area (Å²) in [6.07, 6.45) is 1.24. The molecule has 0 spiro atoms. The van der Waals surface area contributed by atoms with Gasteiger partial charge in [0.15, 0.2) is 0 Å². The lowest BCUT2D eigenvalue weighted by Gasteiger charge is -2.21. The van der Waals surface area contributed by atoms with E-state index in [1.165, 1.54) is 12.0 Å². The van der Waals surface area contributed by atoms with E-state index in [2.05, 4.69) is 30.0 Å². The van der Waals surface area contributed by atoms with Crippen molar-refractivity contribution in [3.63, 3.8) is 0 Å². The highest BCUT2D eigenvalue weighted by Gasteiger charge is 2.24. The number of hydrogen-bond acceptors (Lipinski definition) is 4. The average molecular weight is 249 g/mol. The summed E-state index contributed by atoms with van der Waals surface area (Å²) >= 11 is 0. The van der Waals surface area contributed by atoms with Gasteiger partial charge >= 0.3 is 0 Å². The fourth-order valence-electron chi connectivity index (χ4n) is 2.46. The number of anilines is 1.